The highest BCUT2D eigenvalue weighted by Crippen LogP contribution is 2.36. The van der Waals surface area contributed by atoms with Crippen LogP contribution < -0.4 is 20.1 Å². The zero-order valence-electron chi connectivity index (χ0n) is 20.9. The van der Waals surface area contributed by atoms with E-state index in [4.69, 9.17) is 16.0 Å². The van der Waals surface area contributed by atoms with Gasteiger partial charge in [-0.3, -0.25) is 5.32 Å². The van der Waals surface area contributed by atoms with Gasteiger partial charge in [0, 0.05) is 24.2 Å². The second-order valence-electron chi connectivity index (χ2n) is 8.02. The summed E-state index contributed by atoms with van der Waals surface area (Å²) >= 11 is 1.24. The van der Waals surface area contributed by atoms with Crippen LogP contribution >= 0.6 is 11.3 Å². The molecule has 2 heterocycles. The third-order valence-electron chi connectivity index (χ3n) is 5.63. The summed E-state index contributed by atoms with van der Waals surface area (Å²) in [6, 6.07) is 6.68. The number of thiazole rings is 1. The van der Waals surface area contributed by atoms with Crippen molar-refractivity contribution in [3.8, 4) is 17.4 Å². The Hall–Kier alpha value is -4.34. The summed E-state index contributed by atoms with van der Waals surface area (Å²) in [5.41, 5.74) is 0.799. The Kier molecular flexibility index (Phi) is 8.97. The molecule has 4 rings (SSSR count). The first-order valence-electron chi connectivity index (χ1n) is 12.0. The average molecular weight is 536 g/mol. The van der Waals surface area contributed by atoms with E-state index < -0.39 is 11.8 Å². The molecule has 0 aliphatic heterocycles. The van der Waals surface area contributed by atoms with Crippen LogP contribution in [-0.2, 0) is 0 Å². The van der Waals surface area contributed by atoms with Crippen LogP contribution in [0.3, 0.4) is 0 Å². The number of amides is 2. The van der Waals surface area contributed by atoms with Crippen LogP contribution in [0.15, 0.2) is 48.2 Å². The molecule has 0 radical (unpaired) electrons. The third-order valence-corrected chi connectivity index (χ3v) is 6.32. The maximum absolute atomic E-state index is 14.7. The summed E-state index contributed by atoms with van der Waals surface area (Å²) in [7, 11) is 0. The monoisotopic (exact) mass is 535 g/mol. The van der Waals surface area contributed by atoms with Crippen LogP contribution in [0, 0.1) is 12.4 Å². The smallest absolute Gasteiger partial charge is 0.325 e. The fraction of sp³-hybridized carbons (Fsp3) is 0.269. The standard InChI is InChI=1S/C26H26FN7O3S/c1-4-34(5-2)10-6-11-36-23-15-21-18(14-22(23)28-3)24(31-16-30-21)37-17-7-8-20(19(27)13-17)32-25(35)33-26-29-9-12-38-26/h7-9,12-16H,4-6,10-11H2,1-2H3,(H2,29,32,33,35). The molecule has 2 aromatic carbocycles. The van der Waals surface area contributed by atoms with Crippen LogP contribution in [0.1, 0.15) is 20.3 Å². The predicted molar refractivity (Wildman–Crippen MR) is 145 cm³/mol. The summed E-state index contributed by atoms with van der Waals surface area (Å²) in [4.78, 5) is 30.4. The SMILES string of the molecule is [C-]#[N+]c1cc2c(Oc3ccc(NC(=O)Nc4nccs4)c(F)c3)ncnc2cc1OCCCN(CC)CC. The van der Waals surface area contributed by atoms with E-state index in [1.807, 2.05) is 0 Å². The number of aromatic nitrogens is 3. The molecule has 0 saturated heterocycles. The largest absolute Gasteiger partial charge is 0.504 e. The Balaban J connectivity index is 1.46. The maximum Gasteiger partial charge on any atom is 0.325 e. The van der Waals surface area contributed by atoms with Crippen LogP contribution in [-0.4, -0.2) is 52.1 Å². The maximum atomic E-state index is 14.7. The number of benzene rings is 2. The van der Waals surface area contributed by atoms with E-state index in [9.17, 15) is 9.18 Å². The minimum Gasteiger partial charge on any atom is -0.504 e. The van der Waals surface area contributed by atoms with Crippen molar-refractivity contribution in [3.63, 3.8) is 0 Å². The molecule has 0 aliphatic carbocycles. The highest BCUT2D eigenvalue weighted by atomic mass is 32.1. The van der Waals surface area contributed by atoms with Gasteiger partial charge in [-0.2, -0.15) is 0 Å². The molecule has 2 aromatic heterocycles. The number of carbonyl (C=O) groups is 1. The van der Waals surface area contributed by atoms with E-state index in [2.05, 4.69) is 49.2 Å². The van der Waals surface area contributed by atoms with Gasteiger partial charge in [-0.05, 0) is 43.8 Å². The lowest BCUT2D eigenvalue weighted by Crippen LogP contribution is -2.25. The normalized spacial score (nSPS) is 10.8. The van der Waals surface area contributed by atoms with Crippen LogP contribution in [0.2, 0.25) is 0 Å². The van der Waals surface area contributed by atoms with E-state index in [1.54, 1.807) is 23.7 Å². The van der Waals surface area contributed by atoms with Crippen molar-refractivity contribution in [2.75, 3.05) is 36.9 Å². The molecule has 10 nitrogen and oxygen atoms in total. The molecule has 0 fully saturated rings. The van der Waals surface area contributed by atoms with Gasteiger partial charge in [0.05, 0.1) is 29.8 Å². The quantitative estimate of drug-likeness (QED) is 0.171. The summed E-state index contributed by atoms with van der Waals surface area (Å²) in [6.45, 7) is 15.2. The zero-order valence-corrected chi connectivity index (χ0v) is 21.7. The highest BCUT2D eigenvalue weighted by molar-refractivity contribution is 7.13. The summed E-state index contributed by atoms with van der Waals surface area (Å²) in [5.74, 6) is 0.0654. The molecule has 38 heavy (non-hydrogen) atoms. The lowest BCUT2D eigenvalue weighted by atomic mass is 10.2. The molecule has 2 amide bonds. The molecular formula is C26H26FN7O3S. The summed E-state index contributed by atoms with van der Waals surface area (Å²) in [5, 5.41) is 7.54. The number of carbonyl (C=O) groups excluding carboxylic acids is 1. The first-order chi connectivity index (χ1) is 18.5. The highest BCUT2D eigenvalue weighted by Gasteiger charge is 2.15. The van der Waals surface area contributed by atoms with Crippen molar-refractivity contribution in [2.45, 2.75) is 20.3 Å². The van der Waals surface area contributed by atoms with Gasteiger partial charge in [0.25, 0.3) is 0 Å². The second kappa shape index (κ2) is 12.8. The van der Waals surface area contributed by atoms with E-state index in [0.29, 0.717) is 34.1 Å². The molecule has 196 valence electrons. The van der Waals surface area contributed by atoms with Crippen molar-refractivity contribution in [3.05, 3.63) is 65.5 Å². The number of hydrogen-bond donors (Lipinski definition) is 2. The van der Waals surface area contributed by atoms with Gasteiger partial charge in [0.15, 0.2) is 5.13 Å². The van der Waals surface area contributed by atoms with E-state index >= 15 is 0 Å². The number of nitrogens with zero attached hydrogens (tertiary/aromatic N) is 5. The Morgan fingerprint density at radius 1 is 1.16 bits per heavy atom. The molecule has 0 bridgehead atoms. The number of fused-ring (bicyclic) bond motifs is 1. The molecular weight excluding hydrogens is 509 g/mol. The first kappa shape index (κ1) is 26.7. The molecule has 0 atom stereocenters. The lowest BCUT2D eigenvalue weighted by Gasteiger charge is -2.18. The van der Waals surface area contributed by atoms with Crippen LogP contribution in [0.4, 0.5) is 25.7 Å². The molecule has 0 unspecified atom stereocenters. The van der Waals surface area contributed by atoms with Crippen molar-refractivity contribution >= 4 is 44.8 Å². The van der Waals surface area contributed by atoms with Gasteiger partial charge < -0.3 is 19.7 Å². The molecule has 0 saturated carbocycles. The minimum absolute atomic E-state index is 0.0305. The zero-order chi connectivity index (χ0) is 26.9. The fourth-order valence-corrected chi connectivity index (χ4v) is 4.18. The van der Waals surface area contributed by atoms with E-state index in [0.717, 1.165) is 32.1 Å². The number of hydrogen-bond acceptors (Lipinski definition) is 8. The van der Waals surface area contributed by atoms with Gasteiger partial charge >= 0.3 is 6.03 Å². The van der Waals surface area contributed by atoms with Gasteiger partial charge in [0.1, 0.15) is 23.6 Å². The molecule has 4 aromatic rings. The Labute approximate surface area is 223 Å². The number of urea groups is 1. The van der Waals surface area contributed by atoms with Crippen LogP contribution in [0.5, 0.6) is 17.4 Å². The Morgan fingerprint density at radius 3 is 2.71 bits per heavy atom. The van der Waals surface area contributed by atoms with Crippen molar-refractivity contribution in [1.29, 1.82) is 0 Å². The number of ether oxygens (including phenoxy) is 2. The van der Waals surface area contributed by atoms with Crippen LogP contribution in [0.25, 0.3) is 15.7 Å². The fourth-order valence-electron chi connectivity index (χ4n) is 3.65. The van der Waals surface area contributed by atoms with Gasteiger partial charge in [-0.1, -0.05) is 13.8 Å². The average Bonchev–Trinajstić information content (AvgIpc) is 3.43. The minimum atomic E-state index is -0.697. The summed E-state index contributed by atoms with van der Waals surface area (Å²) in [6.07, 6.45) is 3.71. The Bertz CT molecular complexity index is 1440. The topological polar surface area (TPSA) is 106 Å². The van der Waals surface area contributed by atoms with E-state index in [-0.39, 0.29) is 17.3 Å². The van der Waals surface area contributed by atoms with Gasteiger partial charge in [-0.25, -0.2) is 29.0 Å². The number of halogens is 1. The molecule has 2 N–H and O–H groups in total. The lowest BCUT2D eigenvalue weighted by molar-refractivity contribution is 0.250. The first-order valence-corrected chi connectivity index (χ1v) is 12.8. The second-order valence-corrected chi connectivity index (χ2v) is 8.91. The Morgan fingerprint density at radius 2 is 2.00 bits per heavy atom. The van der Waals surface area contributed by atoms with Crippen molar-refractivity contribution < 1.29 is 18.7 Å². The van der Waals surface area contributed by atoms with Crippen molar-refractivity contribution in [1.82, 2.24) is 19.9 Å². The molecule has 0 aliphatic rings. The molecule has 12 heteroatoms. The number of anilines is 2. The van der Waals surface area contributed by atoms with Gasteiger partial charge in [0.2, 0.25) is 11.6 Å². The van der Waals surface area contributed by atoms with Crippen molar-refractivity contribution in [2.24, 2.45) is 0 Å². The third kappa shape index (κ3) is 6.70. The van der Waals surface area contributed by atoms with E-state index in [1.165, 1.54) is 29.8 Å². The van der Waals surface area contributed by atoms with Gasteiger partial charge in [-0.15, -0.1) is 11.3 Å². The molecule has 0 spiro atoms. The predicted octanol–water partition coefficient (Wildman–Crippen LogP) is 6.32. The number of rotatable bonds is 11. The number of nitrogens with one attached hydrogen (secondary N) is 2. The summed E-state index contributed by atoms with van der Waals surface area (Å²) < 4.78 is 26.4.